The molecule has 20 heavy (non-hydrogen) atoms. The molecule has 2 nitrogen and oxygen atoms in total. The minimum absolute atomic E-state index is 0.726. The highest BCUT2D eigenvalue weighted by atomic mass is 16.5. The molecule has 0 N–H and O–H groups in total. The number of hydrogen-bond acceptors (Lipinski definition) is 2. The lowest BCUT2D eigenvalue weighted by Gasteiger charge is -2.20. The summed E-state index contributed by atoms with van der Waals surface area (Å²) in [6.45, 7) is 7.96. The fourth-order valence-electron chi connectivity index (χ4n) is 2.12. The van der Waals surface area contributed by atoms with E-state index in [1.807, 2.05) is 12.1 Å². The Kier molecular flexibility index (Phi) is 5.63. The van der Waals surface area contributed by atoms with Gasteiger partial charge in [-0.05, 0) is 31.2 Å². The molecule has 0 aliphatic heterocycles. The highest BCUT2D eigenvalue weighted by molar-refractivity contribution is 5.26. The van der Waals surface area contributed by atoms with Gasteiger partial charge in [-0.15, -0.1) is 0 Å². The number of nitrogens with zero attached hydrogens (tertiary/aromatic N) is 1. The van der Waals surface area contributed by atoms with E-state index in [0.717, 1.165) is 32.0 Å². The Bertz CT molecular complexity index is 493. The molecule has 2 heteroatoms. The first-order valence-corrected chi connectivity index (χ1v) is 7.23. The van der Waals surface area contributed by atoms with Crippen LogP contribution in [-0.2, 0) is 6.54 Å². The van der Waals surface area contributed by atoms with Gasteiger partial charge in [0, 0.05) is 13.1 Å². The lowest BCUT2D eigenvalue weighted by molar-refractivity contribution is 0.210. The van der Waals surface area contributed by atoms with Gasteiger partial charge in [0.25, 0.3) is 0 Å². The van der Waals surface area contributed by atoms with Crippen LogP contribution in [0.3, 0.4) is 0 Å². The Hall–Kier alpha value is -1.80. The lowest BCUT2D eigenvalue weighted by Crippen LogP contribution is -2.27. The molecule has 0 bridgehead atoms. The Labute approximate surface area is 122 Å². The third-order valence-electron chi connectivity index (χ3n) is 3.39. The van der Waals surface area contributed by atoms with Gasteiger partial charge in [0.2, 0.25) is 0 Å². The van der Waals surface area contributed by atoms with Crippen molar-refractivity contribution in [3.8, 4) is 5.75 Å². The number of benzene rings is 2. The fourth-order valence-corrected chi connectivity index (χ4v) is 2.12. The van der Waals surface area contributed by atoms with Crippen LogP contribution >= 0.6 is 0 Å². The second kappa shape index (κ2) is 7.71. The minimum Gasteiger partial charge on any atom is -0.492 e. The summed E-state index contributed by atoms with van der Waals surface area (Å²) in [5.41, 5.74) is 2.61. The monoisotopic (exact) mass is 269 g/mol. The quantitative estimate of drug-likeness (QED) is 0.756. The largest absolute Gasteiger partial charge is 0.492 e. The van der Waals surface area contributed by atoms with Crippen molar-refractivity contribution in [3.63, 3.8) is 0 Å². The van der Waals surface area contributed by atoms with E-state index < -0.39 is 0 Å². The van der Waals surface area contributed by atoms with Crippen LogP contribution in [0.1, 0.15) is 18.1 Å². The molecule has 0 atom stereocenters. The Morgan fingerprint density at radius 2 is 1.65 bits per heavy atom. The SMILES string of the molecule is CCN(CCOc1ccc(C)cc1)Cc1ccccc1. The smallest absolute Gasteiger partial charge is 0.119 e. The van der Waals surface area contributed by atoms with Crippen LogP contribution in [0.2, 0.25) is 0 Å². The van der Waals surface area contributed by atoms with Crippen LogP contribution in [0, 0.1) is 6.92 Å². The van der Waals surface area contributed by atoms with Gasteiger partial charge in [0.15, 0.2) is 0 Å². The molecule has 0 unspecified atom stereocenters. The predicted octanol–water partition coefficient (Wildman–Crippen LogP) is 3.90. The van der Waals surface area contributed by atoms with Crippen molar-refractivity contribution in [2.24, 2.45) is 0 Å². The minimum atomic E-state index is 0.726. The molecule has 0 heterocycles. The summed E-state index contributed by atoms with van der Waals surface area (Å²) in [4.78, 5) is 2.39. The van der Waals surface area contributed by atoms with E-state index in [2.05, 4.69) is 61.2 Å². The van der Waals surface area contributed by atoms with E-state index in [-0.39, 0.29) is 0 Å². The molecule has 0 saturated carbocycles. The van der Waals surface area contributed by atoms with Gasteiger partial charge in [0.1, 0.15) is 12.4 Å². The molecule has 2 aromatic rings. The molecule has 2 aromatic carbocycles. The summed E-state index contributed by atoms with van der Waals surface area (Å²) in [5, 5.41) is 0. The zero-order valence-electron chi connectivity index (χ0n) is 12.4. The second-order valence-corrected chi connectivity index (χ2v) is 5.02. The maximum Gasteiger partial charge on any atom is 0.119 e. The van der Waals surface area contributed by atoms with Gasteiger partial charge in [-0.2, -0.15) is 0 Å². The van der Waals surface area contributed by atoms with Gasteiger partial charge < -0.3 is 4.74 Å². The lowest BCUT2D eigenvalue weighted by atomic mass is 10.2. The van der Waals surface area contributed by atoms with Crippen molar-refractivity contribution in [2.45, 2.75) is 20.4 Å². The number of hydrogen-bond donors (Lipinski definition) is 0. The van der Waals surface area contributed by atoms with Crippen molar-refractivity contribution >= 4 is 0 Å². The molecule has 0 aliphatic rings. The van der Waals surface area contributed by atoms with E-state index >= 15 is 0 Å². The zero-order chi connectivity index (χ0) is 14.2. The predicted molar refractivity (Wildman–Crippen MR) is 84.1 cm³/mol. The average Bonchev–Trinajstić information content (AvgIpc) is 2.49. The maximum atomic E-state index is 5.79. The van der Waals surface area contributed by atoms with Gasteiger partial charge >= 0.3 is 0 Å². The van der Waals surface area contributed by atoms with Gasteiger partial charge in [0.05, 0.1) is 0 Å². The number of likely N-dealkylation sites (N-methyl/N-ethyl adjacent to an activating group) is 1. The Balaban J connectivity index is 1.78. The van der Waals surface area contributed by atoms with Crippen molar-refractivity contribution in [3.05, 3.63) is 65.7 Å². The molecule has 0 amide bonds. The van der Waals surface area contributed by atoms with E-state index in [1.165, 1.54) is 11.1 Å². The molecule has 0 spiro atoms. The van der Waals surface area contributed by atoms with E-state index in [1.54, 1.807) is 0 Å². The molecule has 106 valence electrons. The molecule has 0 saturated heterocycles. The summed E-state index contributed by atoms with van der Waals surface area (Å²) in [5.74, 6) is 0.950. The van der Waals surface area contributed by atoms with E-state index in [0.29, 0.717) is 0 Å². The number of ether oxygens (including phenoxy) is 1. The second-order valence-electron chi connectivity index (χ2n) is 5.02. The van der Waals surface area contributed by atoms with Gasteiger partial charge in [-0.3, -0.25) is 4.90 Å². The zero-order valence-corrected chi connectivity index (χ0v) is 12.4. The maximum absolute atomic E-state index is 5.79. The third-order valence-corrected chi connectivity index (χ3v) is 3.39. The summed E-state index contributed by atoms with van der Waals surface area (Å²) in [7, 11) is 0. The van der Waals surface area contributed by atoms with Crippen LogP contribution in [-0.4, -0.2) is 24.6 Å². The van der Waals surface area contributed by atoms with Crippen molar-refractivity contribution < 1.29 is 4.74 Å². The van der Waals surface area contributed by atoms with Gasteiger partial charge in [-0.25, -0.2) is 0 Å². The molecule has 0 fully saturated rings. The van der Waals surface area contributed by atoms with Crippen LogP contribution < -0.4 is 4.74 Å². The molecule has 2 rings (SSSR count). The normalized spacial score (nSPS) is 10.8. The highest BCUT2D eigenvalue weighted by Gasteiger charge is 2.03. The summed E-state index contributed by atoms with van der Waals surface area (Å²) >= 11 is 0. The van der Waals surface area contributed by atoms with Crippen LogP contribution in [0.15, 0.2) is 54.6 Å². The average molecular weight is 269 g/mol. The van der Waals surface area contributed by atoms with Crippen molar-refractivity contribution in [1.82, 2.24) is 4.90 Å². The number of aryl methyl sites for hydroxylation is 1. The number of rotatable bonds is 7. The summed E-state index contributed by atoms with van der Waals surface area (Å²) in [6, 6.07) is 18.8. The van der Waals surface area contributed by atoms with E-state index in [9.17, 15) is 0 Å². The van der Waals surface area contributed by atoms with Crippen LogP contribution in [0.25, 0.3) is 0 Å². The molecule has 0 aliphatic carbocycles. The van der Waals surface area contributed by atoms with Crippen molar-refractivity contribution in [1.29, 1.82) is 0 Å². The van der Waals surface area contributed by atoms with Crippen LogP contribution in [0.5, 0.6) is 5.75 Å². The molecular formula is C18H23NO. The Morgan fingerprint density at radius 3 is 2.30 bits per heavy atom. The summed E-state index contributed by atoms with van der Waals surface area (Å²) < 4.78 is 5.79. The Morgan fingerprint density at radius 1 is 0.950 bits per heavy atom. The fraction of sp³-hybridized carbons (Fsp3) is 0.333. The highest BCUT2D eigenvalue weighted by Crippen LogP contribution is 2.11. The first-order valence-electron chi connectivity index (χ1n) is 7.23. The molecule has 0 radical (unpaired) electrons. The van der Waals surface area contributed by atoms with E-state index in [4.69, 9.17) is 4.74 Å². The first kappa shape index (κ1) is 14.6. The topological polar surface area (TPSA) is 12.5 Å². The van der Waals surface area contributed by atoms with Crippen LogP contribution in [0.4, 0.5) is 0 Å². The standard InChI is InChI=1S/C18H23NO/c1-3-19(15-17-7-5-4-6-8-17)13-14-20-18-11-9-16(2)10-12-18/h4-12H,3,13-15H2,1-2H3. The molecule has 0 aromatic heterocycles. The van der Waals surface area contributed by atoms with Crippen molar-refractivity contribution in [2.75, 3.05) is 19.7 Å². The first-order chi connectivity index (χ1) is 9.78. The third kappa shape index (κ3) is 4.71. The van der Waals surface area contributed by atoms with Gasteiger partial charge in [-0.1, -0.05) is 55.0 Å². The molecular weight excluding hydrogens is 246 g/mol. The summed E-state index contributed by atoms with van der Waals surface area (Å²) in [6.07, 6.45) is 0.